The van der Waals surface area contributed by atoms with Gasteiger partial charge in [-0.1, -0.05) is 27.7 Å². The summed E-state index contributed by atoms with van der Waals surface area (Å²) in [6.07, 6.45) is 0. The molecule has 170 valence electrons. The first-order chi connectivity index (χ1) is 14.0. The van der Waals surface area contributed by atoms with Crippen LogP contribution in [0.25, 0.3) is 21.9 Å². The Morgan fingerprint density at radius 3 is 1.35 bits per heavy atom. The summed E-state index contributed by atoms with van der Waals surface area (Å²) in [6, 6.07) is 11.1. The van der Waals surface area contributed by atoms with Crippen LogP contribution in [0.4, 0.5) is 0 Å². The highest BCUT2D eigenvalue weighted by molar-refractivity contribution is 6.11. The lowest BCUT2D eigenvalue weighted by atomic mass is 10.0. The molecule has 0 amide bonds. The number of likely N-dealkylation sites (N-methyl/N-ethyl adjacent to an activating group) is 2. The van der Waals surface area contributed by atoms with Crippen molar-refractivity contribution in [2.75, 3.05) is 39.3 Å². The van der Waals surface area contributed by atoms with Crippen LogP contribution in [-0.2, 0) is 0 Å². The Labute approximate surface area is 196 Å². The molecule has 0 aliphatic rings. The number of hydrogen-bond acceptors (Lipinski definition) is 5. The minimum atomic E-state index is 0. The second-order valence-electron chi connectivity index (χ2n) is 7.29. The number of benzene rings is 2. The van der Waals surface area contributed by atoms with Gasteiger partial charge in [-0.2, -0.15) is 0 Å². The predicted molar refractivity (Wildman–Crippen MR) is 132 cm³/mol. The van der Waals surface area contributed by atoms with Crippen LogP contribution in [0, 0.1) is 0 Å². The van der Waals surface area contributed by atoms with Crippen molar-refractivity contribution in [3.63, 3.8) is 0 Å². The van der Waals surface area contributed by atoms with E-state index in [2.05, 4.69) is 37.5 Å². The monoisotopic (exact) mass is 466 g/mol. The zero-order chi connectivity index (χ0) is 21.0. The van der Waals surface area contributed by atoms with Gasteiger partial charge in [0.15, 0.2) is 11.6 Å². The third kappa shape index (κ3) is 6.07. The SMILES string of the molecule is CCN(CC)CC(=O)c1ccc2oc3ccc(C(=O)CN(CC)CC)cc3c2c1.Cl.Cl. The van der Waals surface area contributed by atoms with Gasteiger partial charge in [-0.15, -0.1) is 24.8 Å². The number of ketones is 2. The van der Waals surface area contributed by atoms with Crippen LogP contribution >= 0.6 is 24.8 Å². The lowest BCUT2D eigenvalue weighted by Crippen LogP contribution is -2.29. The minimum absolute atomic E-state index is 0. The van der Waals surface area contributed by atoms with Gasteiger partial charge >= 0.3 is 0 Å². The second kappa shape index (κ2) is 12.2. The number of hydrogen-bond donors (Lipinski definition) is 0. The Balaban J connectivity index is 0.00000240. The third-order valence-corrected chi connectivity index (χ3v) is 5.64. The summed E-state index contributed by atoms with van der Waals surface area (Å²) in [5, 5.41) is 1.76. The Bertz CT molecular complexity index is 944. The molecular weight excluding hydrogens is 435 g/mol. The molecule has 3 aromatic rings. The van der Waals surface area contributed by atoms with E-state index in [9.17, 15) is 9.59 Å². The zero-order valence-corrected chi connectivity index (χ0v) is 20.3. The van der Waals surface area contributed by atoms with Crippen molar-refractivity contribution < 1.29 is 14.0 Å². The maximum absolute atomic E-state index is 12.7. The molecule has 0 spiro atoms. The second-order valence-corrected chi connectivity index (χ2v) is 7.29. The van der Waals surface area contributed by atoms with E-state index in [-0.39, 0.29) is 36.4 Å². The zero-order valence-electron chi connectivity index (χ0n) is 18.6. The van der Waals surface area contributed by atoms with Gasteiger partial charge in [0.1, 0.15) is 11.2 Å². The fourth-order valence-electron chi connectivity index (χ4n) is 3.61. The number of Topliss-reactive ketones (excluding diaryl/α,β-unsaturated/α-hetero) is 2. The summed E-state index contributed by atoms with van der Waals surface area (Å²) in [6.45, 7) is 12.4. The number of nitrogens with zero attached hydrogens (tertiary/aromatic N) is 2. The van der Waals surface area contributed by atoms with E-state index in [4.69, 9.17) is 4.42 Å². The molecule has 31 heavy (non-hydrogen) atoms. The van der Waals surface area contributed by atoms with Gasteiger partial charge in [-0.25, -0.2) is 0 Å². The van der Waals surface area contributed by atoms with Crippen molar-refractivity contribution in [3.8, 4) is 0 Å². The Hall–Kier alpha value is -1.92. The van der Waals surface area contributed by atoms with Crippen molar-refractivity contribution in [1.82, 2.24) is 9.80 Å². The molecule has 0 aliphatic heterocycles. The molecule has 1 heterocycles. The van der Waals surface area contributed by atoms with Crippen molar-refractivity contribution >= 4 is 58.3 Å². The molecule has 3 rings (SSSR count). The molecule has 0 bridgehead atoms. The lowest BCUT2D eigenvalue weighted by Gasteiger charge is -2.16. The molecule has 0 radical (unpaired) electrons. The molecule has 0 unspecified atom stereocenters. The van der Waals surface area contributed by atoms with Crippen molar-refractivity contribution in [2.45, 2.75) is 27.7 Å². The lowest BCUT2D eigenvalue weighted by molar-refractivity contribution is 0.0930. The van der Waals surface area contributed by atoms with E-state index < -0.39 is 0 Å². The highest BCUT2D eigenvalue weighted by atomic mass is 35.5. The highest BCUT2D eigenvalue weighted by Crippen LogP contribution is 2.30. The molecular formula is C24H32Cl2N2O3. The van der Waals surface area contributed by atoms with Crippen LogP contribution in [0.2, 0.25) is 0 Å². The van der Waals surface area contributed by atoms with E-state index in [1.165, 1.54) is 0 Å². The van der Waals surface area contributed by atoms with Crippen LogP contribution in [0.3, 0.4) is 0 Å². The van der Waals surface area contributed by atoms with Gasteiger partial charge in [0.2, 0.25) is 0 Å². The molecule has 2 aromatic carbocycles. The number of carbonyl (C=O) groups is 2. The van der Waals surface area contributed by atoms with E-state index in [0.29, 0.717) is 24.2 Å². The van der Waals surface area contributed by atoms with Crippen LogP contribution in [-0.4, -0.2) is 60.6 Å². The molecule has 0 saturated heterocycles. The predicted octanol–water partition coefficient (Wildman–Crippen LogP) is 5.48. The normalized spacial score (nSPS) is 11.0. The van der Waals surface area contributed by atoms with E-state index in [0.717, 1.165) is 48.1 Å². The van der Waals surface area contributed by atoms with E-state index >= 15 is 0 Å². The Morgan fingerprint density at radius 1 is 0.677 bits per heavy atom. The van der Waals surface area contributed by atoms with Gasteiger partial charge in [0.25, 0.3) is 0 Å². The van der Waals surface area contributed by atoms with Crippen molar-refractivity contribution in [3.05, 3.63) is 47.5 Å². The van der Waals surface area contributed by atoms with Gasteiger partial charge in [0, 0.05) is 21.9 Å². The summed E-state index contributed by atoms with van der Waals surface area (Å²) < 4.78 is 5.93. The average molecular weight is 467 g/mol. The quantitative estimate of drug-likeness (QED) is 0.370. The third-order valence-electron chi connectivity index (χ3n) is 5.64. The number of rotatable bonds is 10. The van der Waals surface area contributed by atoms with Gasteiger partial charge < -0.3 is 4.42 Å². The molecule has 0 fully saturated rings. The van der Waals surface area contributed by atoms with E-state index in [1.807, 2.05) is 36.4 Å². The van der Waals surface area contributed by atoms with Crippen LogP contribution in [0.1, 0.15) is 48.4 Å². The first kappa shape index (κ1) is 27.1. The van der Waals surface area contributed by atoms with Crippen LogP contribution in [0.15, 0.2) is 40.8 Å². The standard InChI is InChI=1S/C24H30N2O3.2ClH/c1-5-25(6-2)15-21(27)17-9-11-23-19(13-17)20-14-18(10-12-24(20)29-23)22(28)16-26(7-3)8-4;;/h9-14H,5-8,15-16H2,1-4H3;2*1H. The largest absolute Gasteiger partial charge is 0.456 e. The Kier molecular flexibility index (Phi) is 10.7. The number of furan rings is 1. The molecule has 0 N–H and O–H groups in total. The fraction of sp³-hybridized carbons (Fsp3) is 0.417. The van der Waals surface area contributed by atoms with E-state index in [1.54, 1.807) is 0 Å². The molecule has 7 heteroatoms. The minimum Gasteiger partial charge on any atom is -0.456 e. The van der Waals surface area contributed by atoms with Crippen molar-refractivity contribution in [2.24, 2.45) is 0 Å². The number of fused-ring (bicyclic) bond motifs is 3. The molecule has 0 atom stereocenters. The topological polar surface area (TPSA) is 53.8 Å². The number of carbonyl (C=O) groups excluding carboxylic acids is 2. The Morgan fingerprint density at radius 2 is 1.03 bits per heavy atom. The van der Waals surface area contributed by atoms with Gasteiger partial charge in [-0.3, -0.25) is 19.4 Å². The average Bonchev–Trinajstić information content (AvgIpc) is 3.12. The molecule has 0 saturated carbocycles. The van der Waals surface area contributed by atoms with Gasteiger partial charge in [0.05, 0.1) is 13.1 Å². The van der Waals surface area contributed by atoms with Crippen LogP contribution < -0.4 is 0 Å². The molecule has 5 nitrogen and oxygen atoms in total. The molecule has 1 aromatic heterocycles. The maximum atomic E-state index is 12.7. The molecule has 0 aliphatic carbocycles. The van der Waals surface area contributed by atoms with Gasteiger partial charge in [-0.05, 0) is 62.6 Å². The summed E-state index contributed by atoms with van der Waals surface area (Å²) >= 11 is 0. The maximum Gasteiger partial charge on any atom is 0.176 e. The van der Waals surface area contributed by atoms with Crippen LogP contribution in [0.5, 0.6) is 0 Å². The smallest absolute Gasteiger partial charge is 0.176 e. The first-order valence-electron chi connectivity index (χ1n) is 10.5. The van der Waals surface area contributed by atoms with Crippen molar-refractivity contribution in [1.29, 1.82) is 0 Å². The summed E-state index contributed by atoms with van der Waals surface area (Å²) in [4.78, 5) is 29.6. The summed E-state index contributed by atoms with van der Waals surface area (Å²) in [5.74, 6) is 0.192. The fourth-order valence-corrected chi connectivity index (χ4v) is 3.61. The first-order valence-corrected chi connectivity index (χ1v) is 10.5. The summed E-state index contributed by atoms with van der Waals surface area (Å²) in [7, 11) is 0. The number of halogens is 2. The summed E-state index contributed by atoms with van der Waals surface area (Å²) in [5.41, 5.74) is 2.81. The highest BCUT2D eigenvalue weighted by Gasteiger charge is 2.16.